The van der Waals surface area contributed by atoms with Gasteiger partial charge in [-0.1, -0.05) is 297 Å². The van der Waals surface area contributed by atoms with E-state index in [1.54, 1.807) is 0 Å². The van der Waals surface area contributed by atoms with Crippen LogP contribution in [0.25, 0.3) is 170 Å². The SMILES string of the molecule is c1ccc(-c2cc(-c3ccc(Nc4ccc5c(c4)sc4ccc6ccccc6c45)cc3)cc3ccccc23)cc1.c1ccc(-c2cccc(-c3ccc(Nc4ccc5c(c4)sc4ccc6ccccc6c45)cc3)c2)cc1.c1ccc(-c2cccc(-c3cccc(Nc4ccc5c(c4)sc4ccc6ccccc6c45)c3)c2)cc1. The zero-order valence-electron chi connectivity index (χ0n) is 61.0. The summed E-state index contributed by atoms with van der Waals surface area (Å²) in [5, 5.41) is 29.3. The molecule has 22 aromatic rings. The molecule has 0 unspecified atom stereocenters. The van der Waals surface area contributed by atoms with E-state index in [-0.39, 0.29) is 0 Å². The Morgan fingerprint density at radius 1 is 0.143 bits per heavy atom. The summed E-state index contributed by atoms with van der Waals surface area (Å²) in [6.07, 6.45) is 0. The Balaban J connectivity index is 0.000000110. The summed E-state index contributed by atoms with van der Waals surface area (Å²) in [5.41, 5.74) is 21.3. The largest absolute Gasteiger partial charge is 0.355 e. The fourth-order valence-corrected chi connectivity index (χ4v) is 19.5. The summed E-state index contributed by atoms with van der Waals surface area (Å²) in [4.78, 5) is 0. The van der Waals surface area contributed by atoms with Crippen molar-refractivity contribution in [3.05, 3.63) is 413 Å². The second-order valence-electron chi connectivity index (χ2n) is 28.5. The van der Waals surface area contributed by atoms with E-state index in [1.807, 2.05) is 34.0 Å². The number of hydrogen-bond acceptors (Lipinski definition) is 6. The first-order valence-corrected chi connectivity index (χ1v) is 40.4. The Labute approximate surface area is 661 Å². The lowest BCUT2D eigenvalue weighted by Gasteiger charge is -2.12. The summed E-state index contributed by atoms with van der Waals surface area (Å²) >= 11 is 5.58. The molecule has 0 amide bonds. The average Bonchev–Trinajstić information content (AvgIpc) is 1.61. The van der Waals surface area contributed by atoms with Gasteiger partial charge in [-0.2, -0.15) is 0 Å². The predicted octanol–water partition coefficient (Wildman–Crippen LogP) is 32.0. The molecule has 0 saturated carbocycles. The molecule has 3 nitrogen and oxygen atoms in total. The van der Waals surface area contributed by atoms with E-state index in [0.29, 0.717) is 0 Å². The van der Waals surface area contributed by atoms with E-state index in [9.17, 15) is 0 Å². The lowest BCUT2D eigenvalue weighted by molar-refractivity contribution is 1.55. The maximum atomic E-state index is 3.64. The van der Waals surface area contributed by atoms with Gasteiger partial charge in [0.15, 0.2) is 0 Å². The molecule has 0 aliphatic heterocycles. The lowest BCUT2D eigenvalue weighted by Crippen LogP contribution is -1.90. The zero-order valence-corrected chi connectivity index (χ0v) is 63.4. The van der Waals surface area contributed by atoms with Gasteiger partial charge in [0.05, 0.1) is 0 Å². The molecule has 0 fully saturated rings. The van der Waals surface area contributed by atoms with Gasteiger partial charge < -0.3 is 16.0 Å². The number of thiophene rings is 3. The Hall–Kier alpha value is -13.7. The molecular weight excluding hydrogens is 1410 g/mol. The van der Waals surface area contributed by atoms with Crippen LogP contribution in [0.5, 0.6) is 0 Å². The molecule has 3 aromatic heterocycles. The van der Waals surface area contributed by atoms with Crippen LogP contribution in [0, 0.1) is 0 Å². The topological polar surface area (TPSA) is 36.1 Å². The van der Waals surface area contributed by atoms with Gasteiger partial charge in [0, 0.05) is 94.6 Å². The first-order chi connectivity index (χ1) is 55.4. The predicted molar refractivity (Wildman–Crippen MR) is 490 cm³/mol. The highest BCUT2D eigenvalue weighted by Crippen LogP contribution is 2.45. The van der Waals surface area contributed by atoms with Gasteiger partial charge in [-0.05, 0) is 225 Å². The molecule has 0 spiro atoms. The summed E-state index contributed by atoms with van der Waals surface area (Å²) in [6, 6.07) is 148. The Kier molecular flexibility index (Phi) is 17.9. The third-order valence-electron chi connectivity index (χ3n) is 21.5. The minimum absolute atomic E-state index is 1.08. The van der Waals surface area contributed by atoms with Crippen molar-refractivity contribution in [2.75, 3.05) is 16.0 Å². The van der Waals surface area contributed by atoms with Gasteiger partial charge in [-0.15, -0.1) is 34.0 Å². The summed E-state index contributed by atoms with van der Waals surface area (Å²) in [6.45, 7) is 0. The second-order valence-corrected chi connectivity index (χ2v) is 31.8. The minimum atomic E-state index is 1.08. The minimum Gasteiger partial charge on any atom is -0.355 e. The molecular formula is C106H71N3S3. The summed E-state index contributed by atoms with van der Waals surface area (Å²) in [7, 11) is 0. The van der Waals surface area contributed by atoms with Crippen molar-refractivity contribution in [3.8, 4) is 66.8 Å². The van der Waals surface area contributed by atoms with Crippen LogP contribution in [0.1, 0.15) is 0 Å². The van der Waals surface area contributed by atoms with E-state index >= 15 is 0 Å². The number of benzene rings is 19. The molecule has 19 aromatic carbocycles. The molecule has 6 heteroatoms. The number of fused-ring (bicyclic) bond motifs is 16. The van der Waals surface area contributed by atoms with Crippen LogP contribution in [0.15, 0.2) is 413 Å². The van der Waals surface area contributed by atoms with Crippen molar-refractivity contribution in [2.45, 2.75) is 0 Å². The maximum absolute atomic E-state index is 3.64. The quantitative estimate of drug-likeness (QED) is 0.114. The molecule has 112 heavy (non-hydrogen) atoms. The third kappa shape index (κ3) is 13.5. The van der Waals surface area contributed by atoms with E-state index in [4.69, 9.17) is 0 Å². The standard InChI is InChI=1S/C38H25NS.2C34H23NS/c1-2-8-26(9-3-1)35-23-29(22-28-11-5-6-12-32(28)35)25-14-17-30(18-15-25)39-31-19-20-34-37(24-31)40-36-21-16-27-10-4-7-13-33(27)38(34)36;1-2-8-23(9-3-1)25-11-6-12-26(20-25)27-13-7-14-28(21-27)35-29-17-18-31-33(22-29)36-32-19-16-24-10-4-5-15-30(24)34(31)32;1-2-7-23(8-3-1)26-10-6-11-27(21-26)24-13-16-28(17-14-24)35-29-18-19-31-33(22-29)36-32-20-15-25-9-4-5-12-30(25)34(31)32/h1-24,39H;2*1-22,35H. The van der Waals surface area contributed by atoms with Crippen LogP contribution in [0.2, 0.25) is 0 Å². The van der Waals surface area contributed by atoms with Gasteiger partial charge in [0.1, 0.15) is 0 Å². The van der Waals surface area contributed by atoms with E-state index in [0.717, 1.165) is 34.1 Å². The van der Waals surface area contributed by atoms with Gasteiger partial charge in [0.25, 0.3) is 0 Å². The molecule has 0 atom stereocenters. The van der Waals surface area contributed by atoms with Crippen molar-refractivity contribution in [1.29, 1.82) is 0 Å². The van der Waals surface area contributed by atoms with Gasteiger partial charge >= 0.3 is 0 Å². The Morgan fingerprint density at radius 2 is 0.446 bits per heavy atom. The first-order valence-electron chi connectivity index (χ1n) is 38.0. The highest BCUT2D eigenvalue weighted by molar-refractivity contribution is 7.27. The van der Waals surface area contributed by atoms with E-state index in [2.05, 4.69) is 428 Å². The number of rotatable bonds is 12. The zero-order chi connectivity index (χ0) is 74.3. The highest BCUT2D eigenvalue weighted by Gasteiger charge is 2.16. The maximum Gasteiger partial charge on any atom is 0.0398 e. The molecule has 0 aliphatic carbocycles. The molecule has 3 N–H and O–H groups in total. The summed E-state index contributed by atoms with van der Waals surface area (Å²) < 4.78 is 7.92. The van der Waals surface area contributed by atoms with Crippen molar-refractivity contribution in [1.82, 2.24) is 0 Å². The average molecular weight is 1480 g/mol. The number of hydrogen-bond donors (Lipinski definition) is 3. The molecule has 0 saturated heterocycles. The number of nitrogens with one attached hydrogen (secondary N) is 3. The van der Waals surface area contributed by atoms with Crippen molar-refractivity contribution < 1.29 is 0 Å². The fraction of sp³-hybridized carbons (Fsp3) is 0. The molecule has 0 radical (unpaired) electrons. The third-order valence-corrected chi connectivity index (χ3v) is 24.8. The lowest BCUT2D eigenvalue weighted by atomic mass is 9.93. The highest BCUT2D eigenvalue weighted by atomic mass is 32.1. The monoisotopic (exact) mass is 1480 g/mol. The van der Waals surface area contributed by atoms with Gasteiger partial charge in [0.2, 0.25) is 0 Å². The van der Waals surface area contributed by atoms with Gasteiger partial charge in [-0.3, -0.25) is 0 Å². The van der Waals surface area contributed by atoms with Crippen LogP contribution in [0.4, 0.5) is 34.1 Å². The van der Waals surface area contributed by atoms with E-state index < -0.39 is 0 Å². The molecule has 22 rings (SSSR count). The smallest absolute Gasteiger partial charge is 0.0398 e. The van der Waals surface area contributed by atoms with Gasteiger partial charge in [-0.25, -0.2) is 0 Å². The first kappa shape index (κ1) is 67.6. The molecule has 0 aliphatic rings. The van der Waals surface area contributed by atoms with Crippen LogP contribution in [-0.2, 0) is 0 Å². The van der Waals surface area contributed by atoms with Crippen LogP contribution < -0.4 is 16.0 Å². The van der Waals surface area contributed by atoms with Crippen molar-refractivity contribution in [3.63, 3.8) is 0 Å². The number of anilines is 6. The molecule has 0 bridgehead atoms. The summed E-state index contributed by atoms with van der Waals surface area (Å²) in [5.74, 6) is 0. The Bertz CT molecular complexity index is 7270. The fourth-order valence-electron chi connectivity index (χ4n) is 16.0. The van der Waals surface area contributed by atoms with Crippen LogP contribution >= 0.6 is 34.0 Å². The molecule has 528 valence electrons. The normalized spacial score (nSPS) is 11.4. The van der Waals surface area contributed by atoms with Crippen molar-refractivity contribution >= 4 is 172 Å². The second kappa shape index (κ2) is 29.7. The van der Waals surface area contributed by atoms with E-state index in [1.165, 1.54) is 170 Å². The molecule has 3 heterocycles. The Morgan fingerprint density at radius 3 is 0.875 bits per heavy atom. The van der Waals surface area contributed by atoms with Crippen molar-refractivity contribution in [2.24, 2.45) is 0 Å². The van der Waals surface area contributed by atoms with Crippen LogP contribution in [-0.4, -0.2) is 0 Å². The van der Waals surface area contributed by atoms with Crippen LogP contribution in [0.3, 0.4) is 0 Å².